The Morgan fingerprint density at radius 2 is 1.93 bits per heavy atom. The Bertz CT molecular complexity index is 1120. The number of hydrogen-bond donors (Lipinski definition) is 1. The summed E-state index contributed by atoms with van der Waals surface area (Å²) in [6.45, 7) is 0. The van der Waals surface area contributed by atoms with Crippen molar-refractivity contribution in [1.82, 2.24) is 9.78 Å². The molecule has 1 saturated carbocycles. The monoisotopic (exact) mass is 440 g/mol. The second kappa shape index (κ2) is 7.45. The van der Waals surface area contributed by atoms with Crippen molar-refractivity contribution in [3.05, 3.63) is 82.2 Å². The van der Waals surface area contributed by atoms with Crippen molar-refractivity contribution in [3.8, 4) is 0 Å². The third-order valence-electron chi connectivity index (χ3n) is 5.66. The van der Waals surface area contributed by atoms with Crippen LogP contribution in [-0.4, -0.2) is 31.4 Å². The highest BCUT2D eigenvalue weighted by atomic mass is 35.5. The summed E-state index contributed by atoms with van der Waals surface area (Å²) in [5.74, 6) is 0.239. The van der Waals surface area contributed by atoms with E-state index in [0.717, 1.165) is 22.6 Å². The summed E-state index contributed by atoms with van der Waals surface area (Å²) in [5.41, 5.74) is 2.74. The van der Waals surface area contributed by atoms with Crippen LogP contribution in [0.15, 0.2) is 65.7 Å². The largest absolute Gasteiger partial charge is 0.346 e. The normalized spacial score (nSPS) is 23.9. The van der Waals surface area contributed by atoms with Crippen molar-refractivity contribution in [3.63, 3.8) is 0 Å². The van der Waals surface area contributed by atoms with Gasteiger partial charge in [0.1, 0.15) is 0 Å². The Morgan fingerprint density at radius 3 is 2.63 bits per heavy atom. The highest BCUT2D eigenvalue weighted by molar-refractivity contribution is 8.00. The molecule has 1 N–H and O–H groups in total. The number of carbonyl (C=O) groups is 1. The topological polar surface area (TPSA) is 90.1 Å². The van der Waals surface area contributed by atoms with Gasteiger partial charge >= 0.3 is 6.03 Å². The molecule has 5 rings (SSSR count). The van der Waals surface area contributed by atoms with E-state index in [1.165, 1.54) is 16.8 Å². The van der Waals surface area contributed by atoms with E-state index in [-0.39, 0.29) is 34.2 Å². The molecule has 0 aliphatic heterocycles. The Hall–Kier alpha value is -2.84. The maximum atomic E-state index is 12.6. The van der Waals surface area contributed by atoms with Crippen LogP contribution in [0, 0.1) is 10.1 Å². The number of rotatable bonds is 4. The molecule has 7 nitrogen and oxygen atoms in total. The minimum absolute atomic E-state index is 0.0205. The maximum Gasteiger partial charge on any atom is 0.346 e. The molecule has 0 saturated heterocycles. The molecule has 0 unspecified atom stereocenters. The number of fused-ring (bicyclic) bond motifs is 5. The van der Waals surface area contributed by atoms with Crippen molar-refractivity contribution in [2.75, 3.05) is 5.32 Å². The van der Waals surface area contributed by atoms with E-state index in [2.05, 4.69) is 10.4 Å². The first kappa shape index (κ1) is 19.1. The van der Waals surface area contributed by atoms with Crippen molar-refractivity contribution < 1.29 is 9.72 Å². The van der Waals surface area contributed by atoms with E-state index < -0.39 is 4.92 Å². The molecule has 2 aliphatic carbocycles. The second-order valence-corrected chi connectivity index (χ2v) is 9.24. The molecule has 2 aromatic carbocycles. The molecule has 2 aliphatic rings. The van der Waals surface area contributed by atoms with E-state index in [0.29, 0.717) is 5.69 Å². The number of nitrogens with zero attached hydrogens (tertiary/aromatic N) is 3. The highest BCUT2D eigenvalue weighted by Crippen LogP contribution is 2.60. The fourth-order valence-electron chi connectivity index (χ4n) is 4.33. The van der Waals surface area contributed by atoms with Gasteiger partial charge in [0.15, 0.2) is 0 Å². The number of nitrogens with one attached hydrogen (secondary N) is 1. The van der Waals surface area contributed by atoms with E-state index in [1.807, 2.05) is 30.3 Å². The Labute approximate surface area is 181 Å². The zero-order valence-corrected chi connectivity index (χ0v) is 17.2. The molecule has 4 atom stereocenters. The first-order chi connectivity index (χ1) is 14.5. The number of non-ortho nitro benzene ring substituents is 1. The fraction of sp³-hybridized carbons (Fsp3) is 0.238. The quantitative estimate of drug-likeness (QED) is 0.341. The number of aromatic nitrogens is 2. The molecule has 2 bridgehead atoms. The summed E-state index contributed by atoms with van der Waals surface area (Å²) in [6, 6.07) is 15.5. The average molecular weight is 441 g/mol. The SMILES string of the molecule is O=C(Nc1ccccc1)n1cc2c(n1)[C@@H]1C[C@@H](Cl)[C@H]2[C@@H]1Sc1ccc([N+](=O)[O-])cc1. The predicted octanol–water partition coefficient (Wildman–Crippen LogP) is 5.22. The lowest BCUT2D eigenvalue weighted by Crippen LogP contribution is -2.21. The van der Waals surface area contributed by atoms with Crippen molar-refractivity contribution in [2.45, 2.75) is 33.8 Å². The number of amides is 1. The third kappa shape index (κ3) is 3.26. The zero-order valence-electron chi connectivity index (χ0n) is 15.6. The number of hydrogen-bond acceptors (Lipinski definition) is 5. The Morgan fingerprint density at radius 1 is 1.20 bits per heavy atom. The van der Waals surface area contributed by atoms with Gasteiger partial charge in [-0.3, -0.25) is 10.1 Å². The standard InChI is InChI=1S/C21H17ClN4O3S/c22-17-10-15-19-16(11-25(24-19)21(27)23-12-4-2-1-3-5-12)18(17)20(15)30-14-8-6-13(7-9-14)26(28)29/h1-9,11,15,17-18,20H,10H2,(H,23,27)/t15-,17+,18-,20+/m0/s1. The average Bonchev–Trinajstić information content (AvgIpc) is 3.38. The van der Waals surface area contributed by atoms with Crippen LogP contribution in [-0.2, 0) is 0 Å². The lowest BCUT2D eigenvalue weighted by atomic mass is 9.98. The summed E-state index contributed by atoms with van der Waals surface area (Å²) in [5, 5.41) is 18.5. The number of nitro groups is 1. The van der Waals surface area contributed by atoms with Gasteiger partial charge in [0.2, 0.25) is 0 Å². The molecule has 0 spiro atoms. The molecule has 3 aromatic rings. The second-order valence-electron chi connectivity index (χ2n) is 7.43. The van der Waals surface area contributed by atoms with Gasteiger partial charge in [0.25, 0.3) is 5.69 Å². The van der Waals surface area contributed by atoms with Crippen LogP contribution in [0.2, 0.25) is 0 Å². The summed E-state index contributed by atoms with van der Waals surface area (Å²) < 4.78 is 1.36. The predicted molar refractivity (Wildman–Crippen MR) is 116 cm³/mol. The highest BCUT2D eigenvalue weighted by Gasteiger charge is 2.53. The van der Waals surface area contributed by atoms with Gasteiger partial charge < -0.3 is 5.32 Å². The van der Waals surface area contributed by atoms with Gasteiger partial charge in [-0.15, -0.1) is 23.4 Å². The molecule has 9 heteroatoms. The molecule has 1 amide bonds. The zero-order chi connectivity index (χ0) is 20.8. The van der Waals surface area contributed by atoms with Crippen LogP contribution in [0.4, 0.5) is 16.2 Å². The van der Waals surface area contributed by atoms with Gasteiger partial charge in [-0.05, 0) is 36.2 Å². The maximum absolute atomic E-state index is 12.6. The molecular formula is C21H17ClN4O3S. The Kier molecular flexibility index (Phi) is 4.75. The van der Waals surface area contributed by atoms with Crippen LogP contribution >= 0.6 is 23.4 Å². The van der Waals surface area contributed by atoms with E-state index in [9.17, 15) is 14.9 Å². The minimum atomic E-state index is -0.401. The molecule has 1 fully saturated rings. The van der Waals surface area contributed by atoms with Crippen molar-refractivity contribution >= 4 is 40.8 Å². The van der Waals surface area contributed by atoms with E-state index >= 15 is 0 Å². The lowest BCUT2D eigenvalue weighted by Gasteiger charge is -2.17. The number of alkyl halides is 1. The van der Waals surface area contributed by atoms with Crippen LogP contribution in [0.3, 0.4) is 0 Å². The molecule has 152 valence electrons. The summed E-state index contributed by atoms with van der Waals surface area (Å²) in [6.07, 6.45) is 2.59. The smallest absolute Gasteiger partial charge is 0.306 e. The molecule has 0 radical (unpaired) electrons. The first-order valence-electron chi connectivity index (χ1n) is 9.52. The van der Waals surface area contributed by atoms with Gasteiger partial charge in [0.05, 0.1) is 10.6 Å². The molecular weight excluding hydrogens is 424 g/mol. The summed E-state index contributed by atoms with van der Waals surface area (Å²) in [4.78, 5) is 24.0. The van der Waals surface area contributed by atoms with E-state index in [1.54, 1.807) is 30.1 Å². The number of anilines is 1. The van der Waals surface area contributed by atoms with Gasteiger partial charge in [-0.25, -0.2) is 4.79 Å². The van der Waals surface area contributed by atoms with E-state index in [4.69, 9.17) is 11.6 Å². The Balaban J connectivity index is 1.35. The number of carbonyl (C=O) groups excluding carboxylic acids is 1. The summed E-state index contributed by atoms with van der Waals surface area (Å²) >= 11 is 8.32. The number of halogens is 1. The van der Waals surface area contributed by atoms with Crippen molar-refractivity contribution in [2.24, 2.45) is 0 Å². The lowest BCUT2D eigenvalue weighted by molar-refractivity contribution is -0.384. The number of benzene rings is 2. The third-order valence-corrected chi connectivity index (χ3v) is 7.54. The molecule has 1 heterocycles. The minimum Gasteiger partial charge on any atom is -0.306 e. The van der Waals surface area contributed by atoms with Crippen LogP contribution in [0.1, 0.15) is 29.5 Å². The fourth-order valence-corrected chi connectivity index (χ4v) is 6.39. The number of nitro benzene ring substituents is 1. The molecule has 1 aromatic heterocycles. The van der Waals surface area contributed by atoms with Gasteiger partial charge in [0, 0.05) is 51.4 Å². The first-order valence-corrected chi connectivity index (χ1v) is 10.8. The molecule has 30 heavy (non-hydrogen) atoms. The van der Waals surface area contributed by atoms with Crippen LogP contribution in [0.5, 0.6) is 0 Å². The van der Waals surface area contributed by atoms with Gasteiger partial charge in [-0.1, -0.05) is 18.2 Å². The van der Waals surface area contributed by atoms with Crippen LogP contribution < -0.4 is 5.32 Å². The van der Waals surface area contributed by atoms with Crippen LogP contribution in [0.25, 0.3) is 0 Å². The van der Waals surface area contributed by atoms with Gasteiger partial charge in [-0.2, -0.15) is 9.78 Å². The number of thioether (sulfide) groups is 1. The van der Waals surface area contributed by atoms with Crippen molar-refractivity contribution in [1.29, 1.82) is 0 Å². The number of para-hydroxylation sites is 1. The summed E-state index contributed by atoms with van der Waals surface area (Å²) in [7, 11) is 0.